The van der Waals surface area contributed by atoms with E-state index < -0.39 is 12.0 Å². The van der Waals surface area contributed by atoms with Crippen LogP contribution in [0.4, 0.5) is 0 Å². The number of hydrogen-bond acceptors (Lipinski definition) is 3. The van der Waals surface area contributed by atoms with Gasteiger partial charge in [-0.3, -0.25) is 9.79 Å². The fourth-order valence-electron chi connectivity index (χ4n) is 1.57. The van der Waals surface area contributed by atoms with Crippen LogP contribution < -0.4 is 11.5 Å². The number of amides is 1. The molecule has 1 aliphatic heterocycles. The third-order valence-electron chi connectivity index (χ3n) is 2.48. The Labute approximate surface area is 93.1 Å². The van der Waals surface area contributed by atoms with Crippen molar-refractivity contribution in [1.82, 2.24) is 4.90 Å². The third kappa shape index (κ3) is 3.11. The van der Waals surface area contributed by atoms with Gasteiger partial charge in [-0.1, -0.05) is 0 Å². The summed E-state index contributed by atoms with van der Waals surface area (Å²) in [4.78, 5) is 27.2. The van der Waals surface area contributed by atoms with Gasteiger partial charge >= 0.3 is 5.97 Å². The third-order valence-corrected chi connectivity index (χ3v) is 2.48. The smallest absolute Gasteiger partial charge is 0.326 e. The summed E-state index contributed by atoms with van der Waals surface area (Å²) in [6.07, 6.45) is 1.36. The van der Waals surface area contributed by atoms with Crippen molar-refractivity contribution in [2.75, 3.05) is 13.1 Å². The molecule has 1 aliphatic rings. The van der Waals surface area contributed by atoms with E-state index in [1.165, 1.54) is 4.90 Å². The van der Waals surface area contributed by atoms with E-state index in [2.05, 4.69) is 4.99 Å². The molecule has 0 bridgehead atoms. The number of guanidine groups is 1. The molecule has 7 heteroatoms. The average Bonchev–Trinajstić information content (AvgIpc) is 2.19. The van der Waals surface area contributed by atoms with Gasteiger partial charge in [0.25, 0.3) is 0 Å². The molecule has 90 valence electrons. The molecule has 0 radical (unpaired) electrons. The highest BCUT2D eigenvalue weighted by molar-refractivity contribution is 5.87. The van der Waals surface area contributed by atoms with E-state index in [0.717, 1.165) is 0 Å². The zero-order valence-electron chi connectivity index (χ0n) is 8.93. The maximum absolute atomic E-state index is 11.1. The number of nitrogens with zero attached hydrogens (tertiary/aromatic N) is 2. The van der Waals surface area contributed by atoms with Gasteiger partial charge in [0, 0.05) is 19.5 Å². The Bertz CT molecular complexity index is 312. The molecule has 0 aromatic rings. The van der Waals surface area contributed by atoms with Crippen molar-refractivity contribution < 1.29 is 14.7 Å². The van der Waals surface area contributed by atoms with Crippen LogP contribution in [0.5, 0.6) is 0 Å². The van der Waals surface area contributed by atoms with Crippen LogP contribution in [0.3, 0.4) is 0 Å². The van der Waals surface area contributed by atoms with E-state index in [0.29, 0.717) is 32.4 Å². The average molecular weight is 228 g/mol. The molecule has 0 aromatic carbocycles. The number of carbonyl (C=O) groups excluding carboxylic acids is 1. The highest BCUT2D eigenvalue weighted by atomic mass is 16.4. The molecule has 0 aromatic heterocycles. The summed E-state index contributed by atoms with van der Waals surface area (Å²) in [6, 6.07) is -0.740. The van der Waals surface area contributed by atoms with Crippen molar-refractivity contribution in [1.29, 1.82) is 0 Å². The first-order chi connectivity index (χ1) is 7.52. The van der Waals surface area contributed by atoms with E-state index in [1.807, 2.05) is 0 Å². The van der Waals surface area contributed by atoms with E-state index in [1.54, 1.807) is 0 Å². The number of aliphatic carboxylic acids is 1. The Morgan fingerprint density at radius 1 is 1.56 bits per heavy atom. The van der Waals surface area contributed by atoms with Crippen LogP contribution in [0.2, 0.25) is 0 Å². The molecule has 1 amide bonds. The summed E-state index contributed by atoms with van der Waals surface area (Å²) in [5.74, 6) is -1.08. The minimum Gasteiger partial charge on any atom is -0.480 e. The lowest BCUT2D eigenvalue weighted by Gasteiger charge is -2.35. The maximum atomic E-state index is 11.1. The molecule has 1 rings (SSSR count). The summed E-state index contributed by atoms with van der Waals surface area (Å²) in [5, 5.41) is 8.96. The lowest BCUT2D eigenvalue weighted by molar-refractivity contribution is -0.156. The van der Waals surface area contributed by atoms with Gasteiger partial charge in [-0.05, 0) is 12.8 Å². The molecule has 1 atom stereocenters. The largest absolute Gasteiger partial charge is 0.480 e. The SMILES string of the molecule is NC(N)=NCCCC(C(=O)O)N1CCC1=O. The second kappa shape index (κ2) is 5.34. The van der Waals surface area contributed by atoms with Crippen molar-refractivity contribution in [3.05, 3.63) is 0 Å². The Balaban J connectivity index is 2.37. The van der Waals surface area contributed by atoms with Gasteiger partial charge in [-0.2, -0.15) is 0 Å². The zero-order valence-corrected chi connectivity index (χ0v) is 8.93. The molecule has 1 saturated heterocycles. The molecule has 16 heavy (non-hydrogen) atoms. The molecule has 0 spiro atoms. The van der Waals surface area contributed by atoms with Crippen LogP contribution in [0.15, 0.2) is 4.99 Å². The number of hydrogen-bond donors (Lipinski definition) is 3. The summed E-state index contributed by atoms with van der Waals surface area (Å²) in [5.41, 5.74) is 10.3. The van der Waals surface area contributed by atoms with Crippen molar-refractivity contribution in [3.63, 3.8) is 0 Å². The van der Waals surface area contributed by atoms with Crippen LogP contribution in [0.25, 0.3) is 0 Å². The molecule has 1 unspecified atom stereocenters. The molecule has 0 saturated carbocycles. The number of likely N-dealkylation sites (tertiary alicyclic amines) is 1. The van der Waals surface area contributed by atoms with E-state index in [-0.39, 0.29) is 11.9 Å². The number of aliphatic imine (C=N–C) groups is 1. The number of β-lactam (4-membered cyclic amide) rings is 1. The Kier molecular flexibility index (Phi) is 4.10. The van der Waals surface area contributed by atoms with Crippen molar-refractivity contribution >= 4 is 17.8 Å². The van der Waals surface area contributed by atoms with Gasteiger partial charge in [0.1, 0.15) is 6.04 Å². The molecular weight excluding hydrogens is 212 g/mol. The number of nitrogens with two attached hydrogens (primary N) is 2. The van der Waals surface area contributed by atoms with Gasteiger partial charge in [0.2, 0.25) is 5.91 Å². The van der Waals surface area contributed by atoms with Gasteiger partial charge < -0.3 is 21.5 Å². The summed E-state index contributed by atoms with van der Waals surface area (Å²) in [7, 11) is 0. The lowest BCUT2D eigenvalue weighted by atomic mass is 10.0. The highest BCUT2D eigenvalue weighted by Gasteiger charge is 2.34. The van der Waals surface area contributed by atoms with Crippen LogP contribution in [-0.4, -0.2) is 47.0 Å². The summed E-state index contributed by atoms with van der Waals surface area (Å²) >= 11 is 0. The lowest BCUT2D eigenvalue weighted by Crippen LogP contribution is -2.53. The molecule has 1 fully saturated rings. The normalized spacial score (nSPS) is 16.5. The van der Waals surface area contributed by atoms with E-state index in [9.17, 15) is 9.59 Å². The summed E-state index contributed by atoms with van der Waals surface area (Å²) < 4.78 is 0. The maximum Gasteiger partial charge on any atom is 0.326 e. The predicted octanol–water partition coefficient (Wildman–Crippen LogP) is -1.27. The second-order valence-electron chi connectivity index (χ2n) is 3.64. The van der Waals surface area contributed by atoms with Crippen LogP contribution in [0, 0.1) is 0 Å². The molecule has 0 aliphatic carbocycles. The molecule has 1 heterocycles. The van der Waals surface area contributed by atoms with Crippen molar-refractivity contribution in [3.8, 4) is 0 Å². The molecule has 7 nitrogen and oxygen atoms in total. The quantitative estimate of drug-likeness (QED) is 0.226. The Hall–Kier alpha value is -1.79. The number of carboxylic acid groups (broad SMARTS) is 1. The zero-order chi connectivity index (χ0) is 12.1. The standard InChI is InChI=1S/C9H16N4O3/c10-9(11)12-4-1-2-6(8(15)16)13-5-3-7(13)14/h6H,1-5H2,(H,15,16)(H4,10,11,12). The fourth-order valence-corrected chi connectivity index (χ4v) is 1.57. The van der Waals surface area contributed by atoms with Gasteiger partial charge in [0.15, 0.2) is 5.96 Å². The van der Waals surface area contributed by atoms with E-state index in [4.69, 9.17) is 16.6 Å². The minimum atomic E-state index is -0.974. The van der Waals surface area contributed by atoms with Gasteiger partial charge in [0.05, 0.1) is 0 Å². The van der Waals surface area contributed by atoms with Crippen LogP contribution in [0.1, 0.15) is 19.3 Å². The number of rotatable bonds is 6. The van der Waals surface area contributed by atoms with Gasteiger partial charge in [-0.25, -0.2) is 4.79 Å². The van der Waals surface area contributed by atoms with Crippen LogP contribution >= 0.6 is 0 Å². The predicted molar refractivity (Wildman–Crippen MR) is 57.7 cm³/mol. The van der Waals surface area contributed by atoms with Gasteiger partial charge in [-0.15, -0.1) is 0 Å². The monoisotopic (exact) mass is 228 g/mol. The summed E-state index contributed by atoms with van der Waals surface area (Å²) in [6.45, 7) is 0.909. The first kappa shape index (κ1) is 12.3. The van der Waals surface area contributed by atoms with Crippen molar-refractivity contribution in [2.45, 2.75) is 25.3 Å². The highest BCUT2D eigenvalue weighted by Crippen LogP contribution is 2.17. The second-order valence-corrected chi connectivity index (χ2v) is 3.64. The number of carboxylic acids is 1. The molecule has 5 N–H and O–H groups in total. The minimum absolute atomic E-state index is 0.00750. The Morgan fingerprint density at radius 2 is 2.25 bits per heavy atom. The molecular formula is C9H16N4O3. The first-order valence-electron chi connectivity index (χ1n) is 5.10. The topological polar surface area (TPSA) is 122 Å². The van der Waals surface area contributed by atoms with E-state index >= 15 is 0 Å². The Morgan fingerprint density at radius 3 is 2.62 bits per heavy atom. The van der Waals surface area contributed by atoms with Crippen LogP contribution in [-0.2, 0) is 9.59 Å². The first-order valence-corrected chi connectivity index (χ1v) is 5.10. The fraction of sp³-hybridized carbons (Fsp3) is 0.667. The van der Waals surface area contributed by atoms with Crippen molar-refractivity contribution in [2.24, 2.45) is 16.5 Å². The number of carbonyl (C=O) groups is 2.